The van der Waals surface area contributed by atoms with Crippen LogP contribution in [0.4, 0.5) is 5.82 Å². The molecule has 1 N–H and O–H groups in total. The van der Waals surface area contributed by atoms with Gasteiger partial charge in [0, 0.05) is 24.7 Å². The summed E-state index contributed by atoms with van der Waals surface area (Å²) in [6.07, 6.45) is 4.21. The van der Waals surface area contributed by atoms with E-state index in [1.165, 1.54) is 23.2 Å². The number of rotatable bonds is 3. The van der Waals surface area contributed by atoms with Gasteiger partial charge in [0.1, 0.15) is 11.6 Å². The first-order valence-electron chi connectivity index (χ1n) is 6.47. The molecule has 0 spiro atoms. The standard InChI is InChI=1S/C15H17N3/c1-16-15-12-8-5-9-13(12)17-14(18-15)10-11-6-3-2-4-7-11/h2-4,6-7H,5,8-10H2,1H3,(H,16,17,18). The third-order valence-electron chi connectivity index (χ3n) is 3.42. The van der Waals surface area contributed by atoms with Gasteiger partial charge in [-0.3, -0.25) is 0 Å². The van der Waals surface area contributed by atoms with E-state index in [1.807, 2.05) is 13.1 Å². The molecule has 0 unspecified atom stereocenters. The molecule has 0 saturated heterocycles. The Labute approximate surface area is 107 Å². The van der Waals surface area contributed by atoms with Crippen molar-refractivity contribution in [3.05, 3.63) is 53.0 Å². The van der Waals surface area contributed by atoms with E-state index < -0.39 is 0 Å². The predicted molar refractivity (Wildman–Crippen MR) is 72.9 cm³/mol. The fourth-order valence-corrected chi connectivity index (χ4v) is 2.55. The lowest BCUT2D eigenvalue weighted by molar-refractivity contribution is 0.886. The number of fused-ring (bicyclic) bond motifs is 1. The van der Waals surface area contributed by atoms with Gasteiger partial charge in [-0.25, -0.2) is 9.97 Å². The van der Waals surface area contributed by atoms with E-state index in [0.29, 0.717) is 0 Å². The molecule has 3 heteroatoms. The average molecular weight is 239 g/mol. The summed E-state index contributed by atoms with van der Waals surface area (Å²) in [6, 6.07) is 10.4. The van der Waals surface area contributed by atoms with Crippen molar-refractivity contribution < 1.29 is 0 Å². The number of anilines is 1. The van der Waals surface area contributed by atoms with Crippen LogP contribution < -0.4 is 5.32 Å². The molecule has 0 radical (unpaired) electrons. The smallest absolute Gasteiger partial charge is 0.135 e. The van der Waals surface area contributed by atoms with Crippen LogP contribution >= 0.6 is 0 Å². The third-order valence-corrected chi connectivity index (χ3v) is 3.42. The SMILES string of the molecule is CNc1nc(Cc2ccccc2)nc2c1CCC2. The lowest BCUT2D eigenvalue weighted by Crippen LogP contribution is -2.06. The van der Waals surface area contributed by atoms with Crippen molar-refractivity contribution >= 4 is 5.82 Å². The predicted octanol–water partition coefficient (Wildman–Crippen LogP) is 2.60. The minimum atomic E-state index is 0.808. The molecule has 0 saturated carbocycles. The molecule has 0 bridgehead atoms. The number of hydrogen-bond donors (Lipinski definition) is 1. The van der Waals surface area contributed by atoms with E-state index >= 15 is 0 Å². The molecular formula is C15H17N3. The van der Waals surface area contributed by atoms with Crippen LogP contribution in [0.2, 0.25) is 0 Å². The fourth-order valence-electron chi connectivity index (χ4n) is 2.55. The molecule has 3 rings (SSSR count). The maximum atomic E-state index is 4.71. The Bertz CT molecular complexity index is 549. The van der Waals surface area contributed by atoms with Gasteiger partial charge in [0.2, 0.25) is 0 Å². The Kier molecular flexibility index (Phi) is 2.97. The number of aryl methyl sites for hydroxylation is 1. The van der Waals surface area contributed by atoms with Crippen molar-refractivity contribution in [2.45, 2.75) is 25.7 Å². The Hall–Kier alpha value is -1.90. The first-order chi connectivity index (χ1) is 8.86. The number of nitrogens with one attached hydrogen (secondary N) is 1. The van der Waals surface area contributed by atoms with Gasteiger partial charge in [0.25, 0.3) is 0 Å². The van der Waals surface area contributed by atoms with E-state index in [9.17, 15) is 0 Å². The number of benzene rings is 1. The van der Waals surface area contributed by atoms with Gasteiger partial charge in [-0.05, 0) is 24.8 Å². The van der Waals surface area contributed by atoms with Crippen molar-refractivity contribution in [1.29, 1.82) is 0 Å². The van der Waals surface area contributed by atoms with Gasteiger partial charge in [0.05, 0.1) is 0 Å². The molecule has 0 amide bonds. The highest BCUT2D eigenvalue weighted by Crippen LogP contribution is 2.26. The fraction of sp³-hybridized carbons (Fsp3) is 0.333. The lowest BCUT2D eigenvalue weighted by atomic mass is 10.1. The van der Waals surface area contributed by atoms with Crippen molar-refractivity contribution in [2.24, 2.45) is 0 Å². The van der Waals surface area contributed by atoms with Gasteiger partial charge >= 0.3 is 0 Å². The zero-order chi connectivity index (χ0) is 12.4. The summed E-state index contributed by atoms with van der Waals surface area (Å²) in [4.78, 5) is 9.34. The summed E-state index contributed by atoms with van der Waals surface area (Å²) < 4.78 is 0. The third kappa shape index (κ3) is 2.08. The first-order valence-corrected chi connectivity index (χ1v) is 6.47. The average Bonchev–Trinajstić information content (AvgIpc) is 2.87. The van der Waals surface area contributed by atoms with Crippen LogP contribution in [0.1, 0.15) is 29.1 Å². The Morgan fingerprint density at radius 3 is 2.72 bits per heavy atom. The van der Waals surface area contributed by atoms with Crippen LogP contribution in [-0.2, 0) is 19.3 Å². The summed E-state index contributed by atoms with van der Waals surface area (Å²) in [6.45, 7) is 0. The molecule has 0 fully saturated rings. The molecule has 2 aromatic rings. The van der Waals surface area contributed by atoms with Crippen LogP contribution in [0.5, 0.6) is 0 Å². The maximum absolute atomic E-state index is 4.71. The highest BCUT2D eigenvalue weighted by molar-refractivity contribution is 5.48. The molecule has 0 aliphatic heterocycles. The molecular weight excluding hydrogens is 222 g/mol. The molecule has 1 aliphatic rings. The Morgan fingerprint density at radius 2 is 1.94 bits per heavy atom. The van der Waals surface area contributed by atoms with Crippen LogP contribution in [0.15, 0.2) is 30.3 Å². The van der Waals surface area contributed by atoms with Crippen LogP contribution in [0, 0.1) is 0 Å². The molecule has 0 atom stereocenters. The van der Waals surface area contributed by atoms with Crippen LogP contribution in [0.25, 0.3) is 0 Å². The van der Waals surface area contributed by atoms with Crippen LogP contribution in [-0.4, -0.2) is 17.0 Å². The molecule has 92 valence electrons. The Balaban J connectivity index is 1.94. The molecule has 1 aromatic heterocycles. The van der Waals surface area contributed by atoms with E-state index in [0.717, 1.165) is 30.9 Å². The largest absolute Gasteiger partial charge is 0.373 e. The first kappa shape index (κ1) is 11.2. The van der Waals surface area contributed by atoms with Gasteiger partial charge in [-0.1, -0.05) is 30.3 Å². The quantitative estimate of drug-likeness (QED) is 0.894. The minimum Gasteiger partial charge on any atom is -0.373 e. The molecule has 1 aromatic carbocycles. The zero-order valence-electron chi connectivity index (χ0n) is 10.6. The second kappa shape index (κ2) is 4.77. The van der Waals surface area contributed by atoms with Crippen molar-refractivity contribution in [3.8, 4) is 0 Å². The maximum Gasteiger partial charge on any atom is 0.135 e. The molecule has 1 aliphatic carbocycles. The van der Waals surface area contributed by atoms with E-state index in [2.05, 4.69) is 34.6 Å². The monoisotopic (exact) mass is 239 g/mol. The second-order valence-corrected chi connectivity index (χ2v) is 4.68. The van der Waals surface area contributed by atoms with Gasteiger partial charge < -0.3 is 5.32 Å². The topological polar surface area (TPSA) is 37.8 Å². The van der Waals surface area contributed by atoms with Crippen LogP contribution in [0.3, 0.4) is 0 Å². The number of hydrogen-bond acceptors (Lipinski definition) is 3. The molecule has 18 heavy (non-hydrogen) atoms. The normalized spacial score (nSPS) is 13.4. The molecule has 1 heterocycles. The van der Waals surface area contributed by atoms with Crippen molar-refractivity contribution in [1.82, 2.24) is 9.97 Å². The van der Waals surface area contributed by atoms with Crippen molar-refractivity contribution in [2.75, 3.05) is 12.4 Å². The van der Waals surface area contributed by atoms with E-state index in [-0.39, 0.29) is 0 Å². The summed E-state index contributed by atoms with van der Waals surface area (Å²) in [5.74, 6) is 1.94. The molecule has 3 nitrogen and oxygen atoms in total. The number of nitrogens with zero attached hydrogens (tertiary/aromatic N) is 2. The van der Waals surface area contributed by atoms with E-state index in [1.54, 1.807) is 0 Å². The van der Waals surface area contributed by atoms with Crippen molar-refractivity contribution in [3.63, 3.8) is 0 Å². The highest BCUT2D eigenvalue weighted by atomic mass is 15.0. The van der Waals surface area contributed by atoms with Gasteiger partial charge in [-0.15, -0.1) is 0 Å². The van der Waals surface area contributed by atoms with Gasteiger partial charge in [0.15, 0.2) is 0 Å². The summed E-state index contributed by atoms with van der Waals surface area (Å²) in [5, 5.41) is 3.20. The lowest BCUT2D eigenvalue weighted by Gasteiger charge is -2.09. The number of aromatic nitrogens is 2. The van der Waals surface area contributed by atoms with E-state index in [4.69, 9.17) is 4.98 Å². The van der Waals surface area contributed by atoms with Gasteiger partial charge in [-0.2, -0.15) is 0 Å². The second-order valence-electron chi connectivity index (χ2n) is 4.68. The highest BCUT2D eigenvalue weighted by Gasteiger charge is 2.18. The minimum absolute atomic E-state index is 0.808. The summed E-state index contributed by atoms with van der Waals surface area (Å²) >= 11 is 0. The summed E-state index contributed by atoms with van der Waals surface area (Å²) in [7, 11) is 1.94. The zero-order valence-corrected chi connectivity index (χ0v) is 10.6. The summed E-state index contributed by atoms with van der Waals surface area (Å²) in [5.41, 5.74) is 3.81. The Morgan fingerprint density at radius 1 is 1.11 bits per heavy atom.